The van der Waals surface area contributed by atoms with Gasteiger partial charge in [0.15, 0.2) is 0 Å². The number of rotatable bonds is 7. The SMILES string of the molecule is COCCNC(=O)CCNC(=O)C1CNCCO1. The van der Waals surface area contributed by atoms with Crippen LogP contribution in [0.15, 0.2) is 0 Å². The fourth-order valence-corrected chi connectivity index (χ4v) is 1.53. The lowest BCUT2D eigenvalue weighted by molar-refractivity contribution is -0.134. The van der Waals surface area contributed by atoms with E-state index in [2.05, 4.69) is 16.0 Å². The van der Waals surface area contributed by atoms with Crippen molar-refractivity contribution in [1.82, 2.24) is 16.0 Å². The van der Waals surface area contributed by atoms with Crippen LogP contribution in [0.5, 0.6) is 0 Å². The molecule has 0 aromatic carbocycles. The van der Waals surface area contributed by atoms with Crippen LogP contribution in [-0.4, -0.2) is 64.4 Å². The molecule has 0 aromatic rings. The second-order valence-corrected chi connectivity index (χ2v) is 3.95. The molecular formula is C11H21N3O4. The molecule has 18 heavy (non-hydrogen) atoms. The van der Waals surface area contributed by atoms with Gasteiger partial charge in [-0.1, -0.05) is 0 Å². The highest BCUT2D eigenvalue weighted by molar-refractivity contribution is 5.82. The van der Waals surface area contributed by atoms with E-state index in [0.717, 1.165) is 6.54 Å². The minimum absolute atomic E-state index is 0.102. The molecule has 1 fully saturated rings. The molecule has 0 bridgehead atoms. The normalized spacial score (nSPS) is 19.3. The second kappa shape index (κ2) is 8.84. The summed E-state index contributed by atoms with van der Waals surface area (Å²) in [5.74, 6) is -0.276. The number of hydrogen-bond donors (Lipinski definition) is 3. The highest BCUT2D eigenvalue weighted by Gasteiger charge is 2.21. The Bertz CT molecular complexity index is 267. The summed E-state index contributed by atoms with van der Waals surface area (Å²) in [7, 11) is 1.57. The van der Waals surface area contributed by atoms with Crippen LogP contribution in [0.4, 0.5) is 0 Å². The lowest BCUT2D eigenvalue weighted by atomic mass is 10.3. The van der Waals surface area contributed by atoms with Gasteiger partial charge in [-0.25, -0.2) is 0 Å². The average Bonchev–Trinajstić information content (AvgIpc) is 2.40. The van der Waals surface area contributed by atoms with Crippen LogP contribution in [0, 0.1) is 0 Å². The second-order valence-electron chi connectivity index (χ2n) is 3.95. The van der Waals surface area contributed by atoms with Crippen molar-refractivity contribution in [1.29, 1.82) is 0 Å². The molecule has 7 heteroatoms. The molecule has 3 N–H and O–H groups in total. The number of morpholine rings is 1. The Kier molecular flexibility index (Phi) is 7.31. The predicted molar refractivity (Wildman–Crippen MR) is 65.1 cm³/mol. The van der Waals surface area contributed by atoms with Gasteiger partial charge in [0.2, 0.25) is 11.8 Å². The van der Waals surface area contributed by atoms with Crippen LogP contribution in [-0.2, 0) is 19.1 Å². The number of nitrogens with one attached hydrogen (secondary N) is 3. The summed E-state index contributed by atoms with van der Waals surface area (Å²) >= 11 is 0. The zero-order valence-electron chi connectivity index (χ0n) is 10.7. The lowest BCUT2D eigenvalue weighted by Crippen LogP contribution is -2.48. The Hall–Kier alpha value is -1.18. The van der Waals surface area contributed by atoms with Gasteiger partial charge in [0.1, 0.15) is 6.10 Å². The largest absolute Gasteiger partial charge is 0.383 e. The minimum Gasteiger partial charge on any atom is -0.383 e. The van der Waals surface area contributed by atoms with E-state index in [9.17, 15) is 9.59 Å². The fourth-order valence-electron chi connectivity index (χ4n) is 1.53. The Morgan fingerprint density at radius 3 is 2.89 bits per heavy atom. The molecule has 1 atom stereocenters. The Labute approximate surface area is 107 Å². The van der Waals surface area contributed by atoms with Gasteiger partial charge < -0.3 is 25.4 Å². The molecule has 0 spiro atoms. The van der Waals surface area contributed by atoms with E-state index >= 15 is 0 Å². The van der Waals surface area contributed by atoms with E-state index in [1.165, 1.54) is 0 Å². The molecule has 1 unspecified atom stereocenters. The fraction of sp³-hybridized carbons (Fsp3) is 0.818. The van der Waals surface area contributed by atoms with Crippen LogP contribution in [0.25, 0.3) is 0 Å². The van der Waals surface area contributed by atoms with E-state index in [0.29, 0.717) is 32.8 Å². The summed E-state index contributed by atoms with van der Waals surface area (Å²) in [5, 5.41) is 8.43. The molecule has 0 radical (unpaired) electrons. The van der Waals surface area contributed by atoms with Gasteiger partial charge in [-0.15, -0.1) is 0 Å². The van der Waals surface area contributed by atoms with Crippen LogP contribution in [0.1, 0.15) is 6.42 Å². The molecule has 2 amide bonds. The number of amides is 2. The smallest absolute Gasteiger partial charge is 0.250 e. The van der Waals surface area contributed by atoms with Gasteiger partial charge >= 0.3 is 0 Å². The maximum absolute atomic E-state index is 11.6. The molecular weight excluding hydrogens is 238 g/mol. The van der Waals surface area contributed by atoms with E-state index < -0.39 is 6.10 Å². The number of hydrogen-bond acceptors (Lipinski definition) is 5. The highest BCUT2D eigenvalue weighted by atomic mass is 16.5. The number of carbonyl (C=O) groups is 2. The molecule has 1 heterocycles. The zero-order chi connectivity index (χ0) is 13.2. The van der Waals surface area contributed by atoms with Crippen LogP contribution >= 0.6 is 0 Å². The van der Waals surface area contributed by atoms with Crippen molar-refractivity contribution in [2.75, 3.05) is 46.5 Å². The van der Waals surface area contributed by atoms with Crippen molar-refractivity contribution in [2.24, 2.45) is 0 Å². The number of ether oxygens (including phenoxy) is 2. The molecule has 1 aliphatic rings. The molecule has 0 aromatic heterocycles. The third-order valence-electron chi connectivity index (χ3n) is 2.50. The van der Waals surface area contributed by atoms with E-state index in [-0.39, 0.29) is 18.2 Å². The third kappa shape index (κ3) is 5.95. The maximum Gasteiger partial charge on any atom is 0.250 e. The van der Waals surface area contributed by atoms with E-state index in [1.54, 1.807) is 7.11 Å². The van der Waals surface area contributed by atoms with Gasteiger partial charge in [-0.2, -0.15) is 0 Å². The van der Waals surface area contributed by atoms with Gasteiger partial charge in [-0.05, 0) is 0 Å². The lowest BCUT2D eigenvalue weighted by Gasteiger charge is -2.22. The summed E-state index contributed by atoms with van der Waals surface area (Å²) in [6.07, 6.45) is -0.189. The summed E-state index contributed by atoms with van der Waals surface area (Å²) < 4.78 is 10.1. The van der Waals surface area contributed by atoms with Crippen molar-refractivity contribution < 1.29 is 19.1 Å². The summed E-state index contributed by atoms with van der Waals surface area (Å²) in [6.45, 7) is 3.11. The van der Waals surface area contributed by atoms with Crippen LogP contribution < -0.4 is 16.0 Å². The van der Waals surface area contributed by atoms with Gasteiger partial charge in [-0.3, -0.25) is 9.59 Å². The Morgan fingerprint density at radius 2 is 2.22 bits per heavy atom. The molecule has 1 aliphatic heterocycles. The zero-order valence-corrected chi connectivity index (χ0v) is 10.7. The van der Waals surface area contributed by atoms with Crippen molar-refractivity contribution in [3.05, 3.63) is 0 Å². The van der Waals surface area contributed by atoms with Crippen molar-refractivity contribution in [2.45, 2.75) is 12.5 Å². The Morgan fingerprint density at radius 1 is 1.39 bits per heavy atom. The first-order valence-electron chi connectivity index (χ1n) is 6.09. The maximum atomic E-state index is 11.6. The van der Waals surface area contributed by atoms with Gasteiger partial charge in [0.25, 0.3) is 0 Å². The third-order valence-corrected chi connectivity index (χ3v) is 2.50. The predicted octanol–water partition coefficient (Wildman–Crippen LogP) is -1.76. The standard InChI is InChI=1S/C11H21N3O4/c1-17-6-5-13-10(15)2-3-14-11(16)9-8-12-4-7-18-9/h9,12H,2-8H2,1H3,(H,13,15)(H,14,16). The first-order valence-corrected chi connectivity index (χ1v) is 6.09. The Balaban J connectivity index is 2.05. The summed E-state index contributed by atoms with van der Waals surface area (Å²) in [6, 6.07) is 0. The molecule has 1 saturated heterocycles. The quantitative estimate of drug-likeness (QED) is 0.472. The van der Waals surface area contributed by atoms with Crippen molar-refractivity contribution in [3.63, 3.8) is 0 Å². The number of methoxy groups -OCH3 is 1. The molecule has 1 rings (SSSR count). The van der Waals surface area contributed by atoms with Crippen molar-refractivity contribution in [3.8, 4) is 0 Å². The first-order chi connectivity index (χ1) is 8.74. The van der Waals surface area contributed by atoms with E-state index in [1.807, 2.05) is 0 Å². The van der Waals surface area contributed by atoms with Crippen LogP contribution in [0.2, 0.25) is 0 Å². The van der Waals surface area contributed by atoms with E-state index in [4.69, 9.17) is 9.47 Å². The topological polar surface area (TPSA) is 88.7 Å². The molecule has 104 valence electrons. The molecule has 7 nitrogen and oxygen atoms in total. The van der Waals surface area contributed by atoms with Crippen LogP contribution in [0.3, 0.4) is 0 Å². The highest BCUT2D eigenvalue weighted by Crippen LogP contribution is 1.95. The summed E-state index contributed by atoms with van der Waals surface area (Å²) in [5.41, 5.74) is 0. The molecule has 0 saturated carbocycles. The molecule has 0 aliphatic carbocycles. The first kappa shape index (κ1) is 14.9. The van der Waals surface area contributed by atoms with Gasteiger partial charge in [0, 0.05) is 39.7 Å². The number of carbonyl (C=O) groups excluding carboxylic acids is 2. The summed E-state index contributed by atoms with van der Waals surface area (Å²) in [4.78, 5) is 22.9. The minimum atomic E-state index is -0.449. The van der Waals surface area contributed by atoms with Crippen molar-refractivity contribution >= 4 is 11.8 Å². The van der Waals surface area contributed by atoms with Gasteiger partial charge in [0.05, 0.1) is 13.2 Å². The monoisotopic (exact) mass is 259 g/mol. The average molecular weight is 259 g/mol.